The van der Waals surface area contributed by atoms with Crippen molar-refractivity contribution in [3.05, 3.63) is 83.4 Å². The summed E-state index contributed by atoms with van der Waals surface area (Å²) in [6, 6.07) is 18.0. The van der Waals surface area contributed by atoms with Gasteiger partial charge in [0, 0.05) is 24.2 Å². The predicted octanol–water partition coefficient (Wildman–Crippen LogP) is 6.38. The van der Waals surface area contributed by atoms with Gasteiger partial charge >= 0.3 is 12.1 Å². The molecule has 3 aromatic carbocycles. The molecule has 2 N–H and O–H groups in total. The Kier molecular flexibility index (Phi) is 8.49. The third-order valence-corrected chi connectivity index (χ3v) is 5.46. The number of nitrogens with zero attached hydrogens (tertiary/aromatic N) is 2. The number of nitrogens with one attached hydrogen (secondary N) is 1. The number of carboxylic acids is 1. The van der Waals surface area contributed by atoms with E-state index in [1.165, 1.54) is 6.07 Å². The summed E-state index contributed by atoms with van der Waals surface area (Å²) in [7, 11) is 0. The Labute approximate surface area is 211 Å². The highest BCUT2D eigenvalue weighted by Gasteiger charge is 2.30. The molecule has 10 heteroatoms. The standard InChI is InChI=1S/C26H22F3N3O3.ClH/c1-16-13-20(9-10-22(16)19-3-2-4-21(14-19)26(27,28)29)25-31-24(32-35-25)18-7-5-17(6-8-18)15-30-12-11-23(33)34;/h2-10,13-14,30H,11-12,15H2,1H3,(H,33,34);1H. The monoisotopic (exact) mass is 517 g/mol. The van der Waals surface area contributed by atoms with Crippen LogP contribution >= 0.6 is 12.4 Å². The second-order valence-electron chi connectivity index (χ2n) is 8.05. The molecule has 0 radical (unpaired) electrons. The number of hydrogen-bond donors (Lipinski definition) is 2. The summed E-state index contributed by atoms with van der Waals surface area (Å²) >= 11 is 0. The largest absolute Gasteiger partial charge is 0.481 e. The Hall–Kier alpha value is -3.69. The van der Waals surface area contributed by atoms with E-state index in [4.69, 9.17) is 9.63 Å². The zero-order valence-electron chi connectivity index (χ0n) is 19.2. The maximum absolute atomic E-state index is 13.1. The maximum Gasteiger partial charge on any atom is 0.416 e. The summed E-state index contributed by atoms with van der Waals surface area (Å²) < 4.78 is 44.7. The number of carbonyl (C=O) groups is 1. The minimum absolute atomic E-state index is 0. The van der Waals surface area contributed by atoms with Crippen LogP contribution in [0.15, 0.2) is 71.3 Å². The van der Waals surface area contributed by atoms with Gasteiger partial charge in [0.15, 0.2) is 0 Å². The molecule has 0 aliphatic carbocycles. The Morgan fingerprint density at radius 2 is 1.72 bits per heavy atom. The van der Waals surface area contributed by atoms with Crippen molar-refractivity contribution in [1.82, 2.24) is 15.5 Å². The van der Waals surface area contributed by atoms with Crippen molar-refractivity contribution in [1.29, 1.82) is 0 Å². The van der Waals surface area contributed by atoms with Gasteiger partial charge in [0.05, 0.1) is 12.0 Å². The summed E-state index contributed by atoms with van der Waals surface area (Å²) in [5, 5.41) is 15.8. The number of alkyl halides is 3. The van der Waals surface area contributed by atoms with E-state index in [1.54, 1.807) is 24.3 Å². The van der Waals surface area contributed by atoms with Crippen molar-refractivity contribution in [2.45, 2.75) is 26.1 Å². The van der Waals surface area contributed by atoms with Crippen molar-refractivity contribution in [2.24, 2.45) is 0 Å². The summed E-state index contributed by atoms with van der Waals surface area (Å²) in [4.78, 5) is 15.0. The minimum atomic E-state index is -4.40. The molecule has 4 rings (SSSR count). The number of aliphatic carboxylic acids is 1. The first kappa shape index (κ1) is 26.9. The van der Waals surface area contributed by atoms with Gasteiger partial charge < -0.3 is 14.9 Å². The molecule has 0 saturated carbocycles. The molecule has 188 valence electrons. The normalized spacial score (nSPS) is 11.2. The van der Waals surface area contributed by atoms with Crippen LogP contribution in [-0.2, 0) is 17.5 Å². The lowest BCUT2D eigenvalue weighted by atomic mass is 9.97. The van der Waals surface area contributed by atoms with E-state index in [9.17, 15) is 18.0 Å². The molecule has 0 aliphatic rings. The Balaban J connectivity index is 0.00000361. The van der Waals surface area contributed by atoms with E-state index in [1.807, 2.05) is 31.2 Å². The first-order chi connectivity index (χ1) is 16.7. The van der Waals surface area contributed by atoms with E-state index in [-0.39, 0.29) is 18.8 Å². The molecule has 1 aromatic heterocycles. The SMILES string of the molecule is Cc1cc(-c2nc(-c3ccc(CNCCC(=O)O)cc3)no2)ccc1-c1cccc(C(F)(F)F)c1.Cl. The van der Waals surface area contributed by atoms with Gasteiger partial charge in [-0.05, 0) is 53.4 Å². The lowest BCUT2D eigenvalue weighted by Crippen LogP contribution is -2.17. The first-order valence-electron chi connectivity index (χ1n) is 10.8. The number of halogens is 4. The number of carboxylic acid groups (broad SMARTS) is 1. The summed E-state index contributed by atoms with van der Waals surface area (Å²) in [5.74, 6) is -0.135. The third-order valence-electron chi connectivity index (χ3n) is 5.46. The summed E-state index contributed by atoms with van der Waals surface area (Å²) in [6.07, 6.45) is -4.34. The van der Waals surface area contributed by atoms with Crippen LogP contribution in [0.3, 0.4) is 0 Å². The van der Waals surface area contributed by atoms with Crippen molar-refractivity contribution < 1.29 is 27.6 Å². The predicted molar refractivity (Wildman–Crippen MR) is 132 cm³/mol. The zero-order valence-corrected chi connectivity index (χ0v) is 20.0. The van der Waals surface area contributed by atoms with Crippen LogP contribution < -0.4 is 5.32 Å². The molecule has 0 amide bonds. The number of rotatable bonds is 8. The van der Waals surface area contributed by atoms with Crippen molar-refractivity contribution >= 4 is 18.4 Å². The molecular formula is C26H23ClF3N3O3. The third kappa shape index (κ3) is 6.50. The molecule has 1 heterocycles. The van der Waals surface area contributed by atoms with Crippen LogP contribution in [0.1, 0.15) is 23.1 Å². The molecule has 0 bridgehead atoms. The highest BCUT2D eigenvalue weighted by molar-refractivity contribution is 5.85. The van der Waals surface area contributed by atoms with E-state index < -0.39 is 17.7 Å². The lowest BCUT2D eigenvalue weighted by Gasteiger charge is -2.11. The summed E-state index contributed by atoms with van der Waals surface area (Å²) in [6.45, 7) is 2.75. The van der Waals surface area contributed by atoms with Gasteiger partial charge in [0.1, 0.15) is 0 Å². The fourth-order valence-electron chi connectivity index (χ4n) is 3.64. The fourth-order valence-corrected chi connectivity index (χ4v) is 3.64. The van der Waals surface area contributed by atoms with Gasteiger partial charge in [0.2, 0.25) is 5.82 Å². The fraction of sp³-hybridized carbons (Fsp3) is 0.192. The smallest absolute Gasteiger partial charge is 0.416 e. The highest BCUT2D eigenvalue weighted by atomic mass is 35.5. The quantitative estimate of drug-likeness (QED) is 0.263. The van der Waals surface area contributed by atoms with E-state index in [0.717, 1.165) is 28.8 Å². The van der Waals surface area contributed by atoms with Crippen LogP contribution in [0.4, 0.5) is 13.2 Å². The molecule has 0 atom stereocenters. The molecule has 0 unspecified atom stereocenters. The summed E-state index contributed by atoms with van der Waals surface area (Å²) in [5.41, 5.74) is 3.66. The first-order valence-corrected chi connectivity index (χ1v) is 10.8. The van der Waals surface area contributed by atoms with Crippen LogP contribution in [0, 0.1) is 6.92 Å². The molecule has 0 fully saturated rings. The molecule has 0 saturated heterocycles. The van der Waals surface area contributed by atoms with Crippen LogP contribution in [0.5, 0.6) is 0 Å². The second kappa shape index (κ2) is 11.4. The van der Waals surface area contributed by atoms with Gasteiger partial charge in [-0.2, -0.15) is 18.2 Å². The number of benzene rings is 3. The van der Waals surface area contributed by atoms with E-state index in [2.05, 4.69) is 15.5 Å². The van der Waals surface area contributed by atoms with Crippen LogP contribution in [0.25, 0.3) is 34.0 Å². The average Bonchev–Trinajstić information content (AvgIpc) is 3.32. The molecule has 0 aliphatic heterocycles. The van der Waals surface area contributed by atoms with E-state index in [0.29, 0.717) is 41.5 Å². The van der Waals surface area contributed by atoms with Crippen LogP contribution in [-0.4, -0.2) is 27.8 Å². The van der Waals surface area contributed by atoms with Gasteiger partial charge in [-0.1, -0.05) is 47.6 Å². The van der Waals surface area contributed by atoms with Gasteiger partial charge in [-0.25, -0.2) is 0 Å². The molecule has 36 heavy (non-hydrogen) atoms. The minimum Gasteiger partial charge on any atom is -0.481 e. The van der Waals surface area contributed by atoms with Gasteiger partial charge in [-0.15, -0.1) is 12.4 Å². The molecule has 0 spiro atoms. The van der Waals surface area contributed by atoms with E-state index >= 15 is 0 Å². The average molecular weight is 518 g/mol. The van der Waals surface area contributed by atoms with Gasteiger partial charge in [0.25, 0.3) is 5.89 Å². The Morgan fingerprint density at radius 1 is 1.00 bits per heavy atom. The lowest BCUT2D eigenvalue weighted by molar-refractivity contribution is -0.138. The van der Waals surface area contributed by atoms with Gasteiger partial charge in [-0.3, -0.25) is 4.79 Å². The van der Waals surface area contributed by atoms with Crippen molar-refractivity contribution in [3.63, 3.8) is 0 Å². The van der Waals surface area contributed by atoms with Crippen molar-refractivity contribution in [3.8, 4) is 34.0 Å². The zero-order chi connectivity index (χ0) is 25.0. The topological polar surface area (TPSA) is 88.2 Å². The second-order valence-corrected chi connectivity index (χ2v) is 8.05. The maximum atomic E-state index is 13.1. The number of hydrogen-bond acceptors (Lipinski definition) is 5. The number of aryl methyl sites for hydroxylation is 1. The van der Waals surface area contributed by atoms with Crippen molar-refractivity contribution in [2.75, 3.05) is 6.54 Å². The highest BCUT2D eigenvalue weighted by Crippen LogP contribution is 2.34. The Morgan fingerprint density at radius 3 is 2.39 bits per heavy atom. The number of aromatic nitrogens is 2. The Bertz CT molecular complexity index is 1340. The molecule has 6 nitrogen and oxygen atoms in total. The molecule has 4 aromatic rings. The molecular weight excluding hydrogens is 495 g/mol. The van der Waals surface area contributed by atoms with Crippen LogP contribution in [0.2, 0.25) is 0 Å².